The van der Waals surface area contributed by atoms with Crippen LogP contribution in [0.4, 0.5) is 13.2 Å². The predicted octanol–water partition coefficient (Wildman–Crippen LogP) is 3.06. The molecular formula is C20H17F3N4O4. The summed E-state index contributed by atoms with van der Waals surface area (Å²) in [5.41, 5.74) is 1.74. The number of phenols is 2. The number of alkyl halides is 3. The van der Waals surface area contributed by atoms with E-state index in [1.54, 1.807) is 6.92 Å². The molecule has 1 aromatic heterocycles. The fourth-order valence-corrected chi connectivity index (χ4v) is 2.87. The van der Waals surface area contributed by atoms with Crippen LogP contribution in [0, 0.1) is 6.92 Å². The molecule has 11 heteroatoms. The van der Waals surface area contributed by atoms with Gasteiger partial charge in [0.1, 0.15) is 0 Å². The SMILES string of the molecule is C/C(=N\NC(=O)c1ccc(O)c(O)c1)c1c(C)[nH]n(-c2ccc(C(F)(F)F)cc2)c1=O. The molecule has 0 bridgehead atoms. The van der Waals surface area contributed by atoms with Crippen LogP contribution in [0.2, 0.25) is 0 Å². The molecule has 2 aromatic carbocycles. The lowest BCUT2D eigenvalue weighted by Gasteiger charge is -2.07. The van der Waals surface area contributed by atoms with Crippen molar-refractivity contribution in [2.45, 2.75) is 20.0 Å². The number of aromatic hydroxyl groups is 2. The van der Waals surface area contributed by atoms with Gasteiger partial charge >= 0.3 is 6.18 Å². The first kappa shape index (κ1) is 21.7. The third-order valence-electron chi connectivity index (χ3n) is 4.45. The summed E-state index contributed by atoms with van der Waals surface area (Å²) in [5.74, 6) is -1.55. The van der Waals surface area contributed by atoms with Crippen molar-refractivity contribution in [3.05, 3.63) is 75.2 Å². The zero-order chi connectivity index (χ0) is 22.9. The van der Waals surface area contributed by atoms with E-state index in [0.29, 0.717) is 5.69 Å². The maximum absolute atomic E-state index is 12.8. The summed E-state index contributed by atoms with van der Waals surface area (Å²) in [6.07, 6.45) is -4.49. The van der Waals surface area contributed by atoms with E-state index in [1.807, 2.05) is 0 Å². The van der Waals surface area contributed by atoms with Gasteiger partial charge in [0.15, 0.2) is 11.5 Å². The molecule has 31 heavy (non-hydrogen) atoms. The van der Waals surface area contributed by atoms with Crippen molar-refractivity contribution in [3.63, 3.8) is 0 Å². The molecule has 0 fully saturated rings. The highest BCUT2D eigenvalue weighted by atomic mass is 19.4. The Balaban J connectivity index is 1.86. The Morgan fingerprint density at radius 2 is 1.74 bits per heavy atom. The Bertz CT molecular complexity index is 1220. The number of hydrogen-bond donors (Lipinski definition) is 4. The molecule has 1 heterocycles. The molecule has 3 aromatic rings. The molecule has 0 radical (unpaired) electrons. The summed E-state index contributed by atoms with van der Waals surface area (Å²) >= 11 is 0. The minimum absolute atomic E-state index is 0.0276. The normalized spacial score (nSPS) is 12.1. The second-order valence-electron chi connectivity index (χ2n) is 6.64. The molecule has 4 N–H and O–H groups in total. The van der Waals surface area contributed by atoms with Gasteiger partial charge in [0.25, 0.3) is 11.5 Å². The van der Waals surface area contributed by atoms with E-state index in [1.165, 1.54) is 13.0 Å². The van der Waals surface area contributed by atoms with Crippen LogP contribution in [-0.2, 0) is 6.18 Å². The van der Waals surface area contributed by atoms with Crippen LogP contribution in [0.15, 0.2) is 52.4 Å². The first-order valence-corrected chi connectivity index (χ1v) is 8.85. The monoisotopic (exact) mass is 434 g/mol. The number of amides is 1. The Morgan fingerprint density at radius 1 is 1.10 bits per heavy atom. The zero-order valence-electron chi connectivity index (χ0n) is 16.3. The van der Waals surface area contributed by atoms with Crippen molar-refractivity contribution in [1.29, 1.82) is 0 Å². The highest BCUT2D eigenvalue weighted by Crippen LogP contribution is 2.29. The smallest absolute Gasteiger partial charge is 0.416 e. The fourth-order valence-electron chi connectivity index (χ4n) is 2.87. The van der Waals surface area contributed by atoms with Crippen LogP contribution in [0.1, 0.15) is 34.1 Å². The minimum Gasteiger partial charge on any atom is -0.504 e. The van der Waals surface area contributed by atoms with E-state index in [0.717, 1.165) is 41.1 Å². The highest BCUT2D eigenvalue weighted by molar-refractivity contribution is 6.01. The van der Waals surface area contributed by atoms with Crippen molar-refractivity contribution >= 4 is 11.6 Å². The number of aryl methyl sites for hydroxylation is 1. The van der Waals surface area contributed by atoms with E-state index in [4.69, 9.17) is 0 Å². The zero-order valence-corrected chi connectivity index (χ0v) is 16.3. The van der Waals surface area contributed by atoms with Gasteiger partial charge in [0.2, 0.25) is 0 Å². The second-order valence-corrected chi connectivity index (χ2v) is 6.64. The van der Waals surface area contributed by atoms with E-state index in [2.05, 4.69) is 15.6 Å². The van der Waals surface area contributed by atoms with Gasteiger partial charge in [-0.15, -0.1) is 0 Å². The van der Waals surface area contributed by atoms with Gasteiger partial charge in [-0.05, 0) is 56.3 Å². The van der Waals surface area contributed by atoms with Crippen LogP contribution >= 0.6 is 0 Å². The fraction of sp³-hybridized carbons (Fsp3) is 0.150. The molecule has 0 saturated heterocycles. The van der Waals surface area contributed by atoms with E-state index >= 15 is 0 Å². The molecule has 0 atom stereocenters. The lowest BCUT2D eigenvalue weighted by Crippen LogP contribution is -2.23. The molecule has 0 spiro atoms. The van der Waals surface area contributed by atoms with E-state index < -0.39 is 29.0 Å². The van der Waals surface area contributed by atoms with Gasteiger partial charge in [-0.1, -0.05) is 0 Å². The first-order chi connectivity index (χ1) is 14.5. The number of carbonyl (C=O) groups excluding carboxylic acids is 1. The molecule has 8 nitrogen and oxygen atoms in total. The number of hydrazone groups is 1. The van der Waals surface area contributed by atoms with Gasteiger partial charge in [0, 0.05) is 11.3 Å². The Morgan fingerprint density at radius 3 is 2.32 bits per heavy atom. The largest absolute Gasteiger partial charge is 0.504 e. The van der Waals surface area contributed by atoms with Crippen molar-refractivity contribution < 1.29 is 28.2 Å². The van der Waals surface area contributed by atoms with Crippen LogP contribution in [0.5, 0.6) is 11.5 Å². The summed E-state index contributed by atoms with van der Waals surface area (Å²) in [4.78, 5) is 24.9. The number of rotatable bonds is 4. The molecule has 1 amide bonds. The number of halogens is 3. The maximum atomic E-state index is 12.8. The van der Waals surface area contributed by atoms with Crippen LogP contribution in [0.25, 0.3) is 5.69 Å². The quantitative estimate of drug-likeness (QED) is 0.287. The Hall–Kier alpha value is -4.02. The summed E-state index contributed by atoms with van der Waals surface area (Å²) in [6.45, 7) is 3.05. The van der Waals surface area contributed by atoms with Crippen molar-refractivity contribution in [3.8, 4) is 17.2 Å². The number of carbonyl (C=O) groups is 1. The Labute approximate surface area is 173 Å². The average Bonchev–Trinajstić information content (AvgIpc) is 3.01. The van der Waals surface area contributed by atoms with Crippen LogP contribution in [0.3, 0.4) is 0 Å². The minimum atomic E-state index is -4.49. The number of nitrogens with one attached hydrogen (secondary N) is 2. The lowest BCUT2D eigenvalue weighted by atomic mass is 10.2. The summed E-state index contributed by atoms with van der Waals surface area (Å²) in [7, 11) is 0. The van der Waals surface area contributed by atoms with Crippen molar-refractivity contribution in [2.75, 3.05) is 0 Å². The highest BCUT2D eigenvalue weighted by Gasteiger charge is 2.30. The number of H-pyrrole nitrogens is 1. The molecule has 3 rings (SSSR count). The van der Waals surface area contributed by atoms with Gasteiger partial charge in [-0.25, -0.2) is 10.1 Å². The molecule has 0 unspecified atom stereocenters. The molecule has 0 aliphatic rings. The molecule has 0 aliphatic carbocycles. The van der Waals surface area contributed by atoms with Gasteiger partial charge < -0.3 is 10.2 Å². The number of phenolic OH excluding ortho intramolecular Hbond substituents is 2. The van der Waals surface area contributed by atoms with Gasteiger partial charge in [-0.2, -0.15) is 18.3 Å². The standard InChI is InChI=1S/C20H17F3N4O4/c1-10(24-25-18(30)12-3-8-15(28)16(29)9-12)17-11(2)26-27(19(17)31)14-6-4-13(5-7-14)20(21,22)23/h3-9,26,28-29H,1-2H3,(H,25,30)/b24-10+. The predicted molar refractivity (Wildman–Crippen MR) is 106 cm³/mol. The number of benzene rings is 2. The molecule has 0 saturated carbocycles. The lowest BCUT2D eigenvalue weighted by molar-refractivity contribution is -0.137. The van der Waals surface area contributed by atoms with Crippen LogP contribution < -0.4 is 11.0 Å². The molecule has 162 valence electrons. The first-order valence-electron chi connectivity index (χ1n) is 8.85. The number of nitrogens with zero attached hydrogens (tertiary/aromatic N) is 2. The maximum Gasteiger partial charge on any atom is 0.416 e. The molecular weight excluding hydrogens is 417 g/mol. The van der Waals surface area contributed by atoms with Crippen LogP contribution in [-0.4, -0.2) is 31.6 Å². The number of hydrogen-bond acceptors (Lipinski definition) is 5. The third-order valence-corrected chi connectivity index (χ3v) is 4.45. The summed E-state index contributed by atoms with van der Waals surface area (Å²) < 4.78 is 39.3. The topological polar surface area (TPSA) is 120 Å². The average molecular weight is 434 g/mol. The van der Waals surface area contributed by atoms with Crippen molar-refractivity contribution in [1.82, 2.24) is 15.2 Å². The van der Waals surface area contributed by atoms with Crippen molar-refractivity contribution in [2.24, 2.45) is 5.10 Å². The third kappa shape index (κ3) is 4.44. The van der Waals surface area contributed by atoms with E-state index in [-0.39, 0.29) is 28.3 Å². The van der Waals surface area contributed by atoms with Gasteiger partial charge in [0.05, 0.1) is 22.5 Å². The summed E-state index contributed by atoms with van der Waals surface area (Å²) in [5, 5.41) is 25.4. The Kier molecular flexibility index (Phi) is 5.60. The van der Waals surface area contributed by atoms with E-state index in [9.17, 15) is 33.0 Å². The second kappa shape index (κ2) is 8.01. The molecule has 0 aliphatic heterocycles. The van der Waals surface area contributed by atoms with Gasteiger partial charge in [-0.3, -0.25) is 14.7 Å². The number of aromatic nitrogens is 2. The number of aromatic amines is 1. The summed E-state index contributed by atoms with van der Waals surface area (Å²) in [6, 6.07) is 7.52.